The standard InChI is InChI=1S/C8H13NOS/c1-5(2)4-7-8(10)11-6(3)9-7/h5,7H,4H2,1-3H3/t7-/m0/s1. The van der Waals surface area contributed by atoms with E-state index < -0.39 is 0 Å². The van der Waals surface area contributed by atoms with Crippen LogP contribution in [0.5, 0.6) is 0 Å². The molecule has 62 valence electrons. The first-order valence-electron chi connectivity index (χ1n) is 3.85. The molecule has 0 aliphatic carbocycles. The van der Waals surface area contributed by atoms with Gasteiger partial charge in [-0.25, -0.2) is 0 Å². The number of hydrogen-bond acceptors (Lipinski definition) is 3. The van der Waals surface area contributed by atoms with E-state index in [-0.39, 0.29) is 11.2 Å². The molecule has 3 heteroatoms. The molecule has 1 atom stereocenters. The van der Waals surface area contributed by atoms with Crippen molar-refractivity contribution < 1.29 is 4.79 Å². The van der Waals surface area contributed by atoms with Crippen molar-refractivity contribution in [1.29, 1.82) is 0 Å². The van der Waals surface area contributed by atoms with Gasteiger partial charge in [-0.2, -0.15) is 0 Å². The highest BCUT2D eigenvalue weighted by Gasteiger charge is 2.25. The van der Waals surface area contributed by atoms with E-state index in [4.69, 9.17) is 0 Å². The molecular weight excluding hydrogens is 158 g/mol. The third-order valence-electron chi connectivity index (χ3n) is 1.55. The molecule has 0 bridgehead atoms. The lowest BCUT2D eigenvalue weighted by molar-refractivity contribution is -0.112. The maximum absolute atomic E-state index is 11.2. The summed E-state index contributed by atoms with van der Waals surface area (Å²) >= 11 is 1.28. The van der Waals surface area contributed by atoms with Crippen LogP contribution >= 0.6 is 11.8 Å². The van der Waals surface area contributed by atoms with Crippen molar-refractivity contribution in [2.24, 2.45) is 10.9 Å². The van der Waals surface area contributed by atoms with Crippen LogP contribution in [-0.2, 0) is 4.79 Å². The lowest BCUT2D eigenvalue weighted by atomic mass is 10.1. The van der Waals surface area contributed by atoms with E-state index >= 15 is 0 Å². The van der Waals surface area contributed by atoms with Crippen LogP contribution in [0.2, 0.25) is 0 Å². The van der Waals surface area contributed by atoms with Gasteiger partial charge in [0.1, 0.15) is 6.04 Å². The summed E-state index contributed by atoms with van der Waals surface area (Å²) in [5, 5.41) is 1.14. The Balaban J connectivity index is 2.52. The molecule has 0 fully saturated rings. The van der Waals surface area contributed by atoms with Gasteiger partial charge in [-0.15, -0.1) is 0 Å². The summed E-state index contributed by atoms with van der Waals surface area (Å²) in [7, 11) is 0. The first-order chi connectivity index (χ1) is 5.09. The fraction of sp³-hybridized carbons (Fsp3) is 0.750. The Morgan fingerprint density at radius 3 is 2.64 bits per heavy atom. The summed E-state index contributed by atoms with van der Waals surface area (Å²) in [6, 6.07) is -0.0556. The molecule has 11 heavy (non-hydrogen) atoms. The van der Waals surface area contributed by atoms with Crippen LogP contribution in [0.25, 0.3) is 0 Å². The molecule has 0 aromatic rings. The number of hydrogen-bond donors (Lipinski definition) is 0. The van der Waals surface area contributed by atoms with Gasteiger partial charge in [0, 0.05) is 0 Å². The summed E-state index contributed by atoms with van der Waals surface area (Å²) in [5.41, 5.74) is 0. The highest BCUT2D eigenvalue weighted by molar-refractivity contribution is 8.26. The predicted octanol–water partition coefficient (Wildman–Crippen LogP) is 2.09. The summed E-state index contributed by atoms with van der Waals surface area (Å²) in [6.45, 7) is 6.12. The fourth-order valence-electron chi connectivity index (χ4n) is 1.11. The molecule has 0 spiro atoms. The van der Waals surface area contributed by atoms with Crippen molar-refractivity contribution in [3.63, 3.8) is 0 Å². The van der Waals surface area contributed by atoms with E-state index in [1.807, 2.05) is 6.92 Å². The minimum absolute atomic E-state index is 0.0556. The molecule has 0 radical (unpaired) electrons. The molecule has 1 aliphatic heterocycles. The Morgan fingerprint density at radius 1 is 1.64 bits per heavy atom. The van der Waals surface area contributed by atoms with E-state index in [1.165, 1.54) is 11.8 Å². The summed E-state index contributed by atoms with van der Waals surface area (Å²) in [5.74, 6) is 0.555. The second kappa shape index (κ2) is 3.39. The molecular formula is C8H13NOS. The smallest absolute Gasteiger partial charge is 0.219 e. The van der Waals surface area contributed by atoms with E-state index in [1.54, 1.807) is 0 Å². The lowest BCUT2D eigenvalue weighted by Gasteiger charge is -2.06. The van der Waals surface area contributed by atoms with Gasteiger partial charge >= 0.3 is 0 Å². The van der Waals surface area contributed by atoms with Gasteiger partial charge in [-0.3, -0.25) is 9.79 Å². The normalized spacial score (nSPS) is 24.5. The van der Waals surface area contributed by atoms with Crippen LogP contribution in [0.4, 0.5) is 0 Å². The van der Waals surface area contributed by atoms with Gasteiger partial charge in [0.05, 0.1) is 5.04 Å². The molecule has 1 heterocycles. The van der Waals surface area contributed by atoms with Gasteiger partial charge in [0.15, 0.2) is 0 Å². The van der Waals surface area contributed by atoms with E-state index in [0.29, 0.717) is 5.92 Å². The SMILES string of the molecule is CC1=N[C@@H](CC(C)C)C(=O)S1. The van der Waals surface area contributed by atoms with Gasteiger partial charge < -0.3 is 0 Å². The van der Waals surface area contributed by atoms with Crippen molar-refractivity contribution in [3.8, 4) is 0 Å². The maximum Gasteiger partial charge on any atom is 0.219 e. The predicted molar refractivity (Wildman–Crippen MR) is 49.0 cm³/mol. The molecule has 2 nitrogen and oxygen atoms in total. The third-order valence-corrected chi connectivity index (χ3v) is 2.43. The average Bonchev–Trinajstić information content (AvgIpc) is 2.09. The number of nitrogens with zero attached hydrogens (tertiary/aromatic N) is 1. The third kappa shape index (κ3) is 2.33. The van der Waals surface area contributed by atoms with Crippen LogP contribution in [0.3, 0.4) is 0 Å². The molecule has 1 rings (SSSR count). The van der Waals surface area contributed by atoms with Gasteiger partial charge in [0.2, 0.25) is 5.12 Å². The molecule has 1 aliphatic rings. The Kier molecular flexibility index (Phi) is 2.71. The number of thioether (sulfide) groups is 1. The molecule has 0 amide bonds. The highest BCUT2D eigenvalue weighted by Crippen LogP contribution is 2.24. The molecule has 0 unspecified atom stereocenters. The molecule has 0 saturated heterocycles. The van der Waals surface area contributed by atoms with Crippen molar-refractivity contribution in [1.82, 2.24) is 0 Å². The van der Waals surface area contributed by atoms with Crippen molar-refractivity contribution in [2.75, 3.05) is 0 Å². The summed E-state index contributed by atoms with van der Waals surface area (Å²) < 4.78 is 0. The fourth-order valence-corrected chi connectivity index (χ4v) is 1.86. The zero-order valence-electron chi connectivity index (χ0n) is 7.13. The van der Waals surface area contributed by atoms with E-state index in [0.717, 1.165) is 11.5 Å². The minimum Gasteiger partial charge on any atom is -0.284 e. The molecule has 0 N–H and O–H groups in total. The summed E-state index contributed by atoms with van der Waals surface area (Å²) in [6.07, 6.45) is 0.892. The van der Waals surface area contributed by atoms with Crippen LogP contribution < -0.4 is 0 Å². The van der Waals surface area contributed by atoms with Crippen LogP contribution in [0, 0.1) is 5.92 Å². The summed E-state index contributed by atoms with van der Waals surface area (Å²) in [4.78, 5) is 15.4. The van der Waals surface area contributed by atoms with Crippen LogP contribution in [-0.4, -0.2) is 16.2 Å². The molecule has 0 saturated carbocycles. The Bertz CT molecular complexity index is 198. The maximum atomic E-state index is 11.2. The van der Waals surface area contributed by atoms with Crippen LogP contribution in [0.15, 0.2) is 4.99 Å². The highest BCUT2D eigenvalue weighted by atomic mass is 32.2. The monoisotopic (exact) mass is 171 g/mol. The number of carbonyl (C=O) groups excluding carboxylic acids is 1. The van der Waals surface area contributed by atoms with Gasteiger partial charge in [-0.1, -0.05) is 13.8 Å². The van der Waals surface area contributed by atoms with Crippen molar-refractivity contribution in [2.45, 2.75) is 33.2 Å². The van der Waals surface area contributed by atoms with Crippen molar-refractivity contribution in [3.05, 3.63) is 0 Å². The van der Waals surface area contributed by atoms with Gasteiger partial charge in [0.25, 0.3) is 0 Å². The second-order valence-electron chi connectivity index (χ2n) is 3.21. The molecule has 0 aromatic heterocycles. The topological polar surface area (TPSA) is 29.4 Å². The first kappa shape index (κ1) is 8.78. The Labute approximate surface area is 71.5 Å². The average molecular weight is 171 g/mol. The van der Waals surface area contributed by atoms with Crippen molar-refractivity contribution >= 4 is 21.9 Å². The largest absolute Gasteiger partial charge is 0.284 e. The van der Waals surface area contributed by atoms with Crippen LogP contribution in [0.1, 0.15) is 27.2 Å². The zero-order chi connectivity index (χ0) is 8.43. The lowest BCUT2D eigenvalue weighted by Crippen LogP contribution is -2.13. The molecule has 0 aromatic carbocycles. The van der Waals surface area contributed by atoms with E-state index in [9.17, 15) is 4.79 Å². The zero-order valence-corrected chi connectivity index (χ0v) is 7.94. The second-order valence-corrected chi connectivity index (χ2v) is 4.41. The number of carbonyl (C=O) groups is 1. The van der Waals surface area contributed by atoms with Gasteiger partial charge in [-0.05, 0) is 31.0 Å². The van der Waals surface area contributed by atoms with E-state index in [2.05, 4.69) is 18.8 Å². The number of rotatable bonds is 2. The Hall–Kier alpha value is -0.310. The Morgan fingerprint density at radius 2 is 2.27 bits per heavy atom. The minimum atomic E-state index is -0.0556. The first-order valence-corrected chi connectivity index (χ1v) is 4.67. The quantitative estimate of drug-likeness (QED) is 0.636. The number of aliphatic imine (C=N–C) groups is 1.